The Hall–Kier alpha value is -1.10. The first-order valence-electron chi connectivity index (χ1n) is 5.90. The lowest BCUT2D eigenvalue weighted by Crippen LogP contribution is -2.38. The molecule has 0 saturated heterocycles. The third kappa shape index (κ3) is 4.73. The Morgan fingerprint density at radius 1 is 1.35 bits per heavy atom. The van der Waals surface area contributed by atoms with Gasteiger partial charge in [-0.1, -0.05) is 13.8 Å². The van der Waals surface area contributed by atoms with Crippen LogP contribution in [0.3, 0.4) is 0 Å². The second-order valence-electron chi connectivity index (χ2n) is 4.45. The van der Waals surface area contributed by atoms with Crippen LogP contribution in [0.4, 0.5) is 0 Å². The first-order valence-corrected chi connectivity index (χ1v) is 6.72. The van der Waals surface area contributed by atoms with E-state index in [1.807, 2.05) is 6.92 Å². The molecule has 0 saturated carbocycles. The molecule has 0 aliphatic rings. The Kier molecular flexibility index (Phi) is 5.41. The van der Waals surface area contributed by atoms with Crippen LogP contribution >= 0.6 is 11.3 Å². The molecule has 96 valence electrons. The highest BCUT2D eigenvalue weighted by Gasteiger charge is 2.04. The van der Waals surface area contributed by atoms with Crippen LogP contribution in [-0.2, 0) is 6.54 Å². The van der Waals surface area contributed by atoms with Crippen molar-refractivity contribution in [2.24, 2.45) is 10.9 Å². The van der Waals surface area contributed by atoms with Crippen LogP contribution in [0.25, 0.3) is 0 Å². The average molecular weight is 254 g/mol. The normalized spacial score (nSPS) is 12.0. The summed E-state index contributed by atoms with van der Waals surface area (Å²) in [6.07, 6.45) is 0. The Labute approximate surface area is 108 Å². The zero-order valence-electron chi connectivity index (χ0n) is 11.3. The molecule has 0 fully saturated rings. The van der Waals surface area contributed by atoms with E-state index in [0.29, 0.717) is 5.92 Å². The topological polar surface area (TPSA) is 49.3 Å². The second kappa shape index (κ2) is 6.59. The third-order valence-electron chi connectivity index (χ3n) is 2.38. The number of hydrogen-bond donors (Lipinski definition) is 2. The Bertz CT molecular complexity index is 362. The third-order valence-corrected chi connectivity index (χ3v) is 3.45. The standard InChI is InChI=1S/C12H22N4S/c1-8(2)6-14-12(13-5)15-7-11-16-9(3)10(4)17-11/h8H,6-7H2,1-5H3,(H2,13,14,15). The molecule has 0 aromatic carbocycles. The number of nitrogens with one attached hydrogen (secondary N) is 2. The molecule has 2 N–H and O–H groups in total. The van der Waals surface area contributed by atoms with Crippen molar-refractivity contribution in [1.82, 2.24) is 15.6 Å². The summed E-state index contributed by atoms with van der Waals surface area (Å²) in [7, 11) is 1.79. The van der Waals surface area contributed by atoms with Crippen molar-refractivity contribution in [3.8, 4) is 0 Å². The van der Waals surface area contributed by atoms with Gasteiger partial charge in [-0.25, -0.2) is 4.98 Å². The summed E-state index contributed by atoms with van der Waals surface area (Å²) in [4.78, 5) is 9.94. The lowest BCUT2D eigenvalue weighted by molar-refractivity contribution is 0.614. The number of aromatic nitrogens is 1. The maximum absolute atomic E-state index is 4.48. The molecule has 1 aromatic rings. The fourth-order valence-corrected chi connectivity index (χ4v) is 2.17. The maximum atomic E-state index is 4.48. The molecular weight excluding hydrogens is 232 g/mol. The van der Waals surface area contributed by atoms with Crippen LogP contribution in [0.1, 0.15) is 29.4 Å². The number of rotatable bonds is 4. The van der Waals surface area contributed by atoms with E-state index in [1.165, 1.54) is 4.88 Å². The number of nitrogens with zero attached hydrogens (tertiary/aromatic N) is 2. The molecule has 1 heterocycles. The first kappa shape index (κ1) is 14.0. The second-order valence-corrected chi connectivity index (χ2v) is 5.74. The molecule has 1 rings (SSSR count). The van der Waals surface area contributed by atoms with Crippen molar-refractivity contribution in [2.45, 2.75) is 34.2 Å². The molecule has 1 aromatic heterocycles. The number of guanidine groups is 1. The molecule has 0 atom stereocenters. The van der Waals surface area contributed by atoms with Gasteiger partial charge in [-0.2, -0.15) is 0 Å². The van der Waals surface area contributed by atoms with Crippen molar-refractivity contribution in [1.29, 1.82) is 0 Å². The predicted octanol–water partition coefficient (Wildman–Crippen LogP) is 2.08. The van der Waals surface area contributed by atoms with E-state index >= 15 is 0 Å². The molecule has 0 amide bonds. The van der Waals surface area contributed by atoms with Gasteiger partial charge < -0.3 is 10.6 Å². The number of hydrogen-bond acceptors (Lipinski definition) is 3. The fraction of sp³-hybridized carbons (Fsp3) is 0.667. The van der Waals surface area contributed by atoms with Crippen molar-refractivity contribution in [3.05, 3.63) is 15.6 Å². The van der Waals surface area contributed by atoms with Crippen LogP contribution in [0, 0.1) is 19.8 Å². The highest BCUT2D eigenvalue weighted by molar-refractivity contribution is 7.11. The largest absolute Gasteiger partial charge is 0.356 e. The number of thiazole rings is 1. The van der Waals surface area contributed by atoms with Crippen LogP contribution in [0.15, 0.2) is 4.99 Å². The zero-order valence-corrected chi connectivity index (χ0v) is 12.1. The monoisotopic (exact) mass is 254 g/mol. The van der Waals surface area contributed by atoms with Crippen LogP contribution in [0.2, 0.25) is 0 Å². The van der Waals surface area contributed by atoms with Gasteiger partial charge in [0, 0.05) is 18.5 Å². The fourth-order valence-electron chi connectivity index (χ4n) is 1.30. The summed E-state index contributed by atoms with van der Waals surface area (Å²) in [6, 6.07) is 0. The summed E-state index contributed by atoms with van der Waals surface area (Å²) in [5, 5.41) is 7.65. The van der Waals surface area contributed by atoms with Gasteiger partial charge in [0.25, 0.3) is 0 Å². The highest BCUT2D eigenvalue weighted by Crippen LogP contribution is 2.15. The van der Waals surface area contributed by atoms with Crippen LogP contribution in [-0.4, -0.2) is 24.5 Å². The van der Waals surface area contributed by atoms with Gasteiger partial charge in [-0.3, -0.25) is 4.99 Å². The SMILES string of the molecule is CN=C(NCc1nc(C)c(C)s1)NCC(C)C. The van der Waals surface area contributed by atoms with Crippen LogP contribution in [0.5, 0.6) is 0 Å². The van der Waals surface area contributed by atoms with E-state index in [1.54, 1.807) is 18.4 Å². The Morgan fingerprint density at radius 3 is 2.53 bits per heavy atom. The van der Waals surface area contributed by atoms with E-state index in [9.17, 15) is 0 Å². The average Bonchev–Trinajstić information content (AvgIpc) is 2.58. The lowest BCUT2D eigenvalue weighted by Gasteiger charge is -2.12. The van der Waals surface area contributed by atoms with Gasteiger partial charge in [-0.15, -0.1) is 11.3 Å². The molecule has 0 aliphatic heterocycles. The molecule has 4 nitrogen and oxygen atoms in total. The van der Waals surface area contributed by atoms with Crippen molar-refractivity contribution < 1.29 is 0 Å². The molecule has 5 heteroatoms. The van der Waals surface area contributed by atoms with Crippen molar-refractivity contribution in [2.75, 3.05) is 13.6 Å². The van der Waals surface area contributed by atoms with E-state index in [-0.39, 0.29) is 0 Å². The zero-order chi connectivity index (χ0) is 12.8. The minimum Gasteiger partial charge on any atom is -0.356 e. The van der Waals surface area contributed by atoms with Crippen LogP contribution < -0.4 is 10.6 Å². The van der Waals surface area contributed by atoms with E-state index < -0.39 is 0 Å². The van der Waals surface area contributed by atoms with Gasteiger partial charge in [0.15, 0.2) is 5.96 Å². The molecule has 0 unspecified atom stereocenters. The smallest absolute Gasteiger partial charge is 0.191 e. The Balaban J connectivity index is 2.43. The summed E-state index contributed by atoms with van der Waals surface area (Å²) >= 11 is 1.73. The molecule has 17 heavy (non-hydrogen) atoms. The minimum atomic E-state index is 0.609. The van der Waals surface area contributed by atoms with Gasteiger partial charge in [0.05, 0.1) is 12.2 Å². The van der Waals surface area contributed by atoms with Gasteiger partial charge in [-0.05, 0) is 19.8 Å². The summed E-state index contributed by atoms with van der Waals surface area (Å²) in [5.41, 5.74) is 1.12. The molecular formula is C12H22N4S. The molecule has 0 radical (unpaired) electrons. The minimum absolute atomic E-state index is 0.609. The first-order chi connectivity index (χ1) is 8.02. The van der Waals surface area contributed by atoms with E-state index in [2.05, 4.69) is 41.4 Å². The van der Waals surface area contributed by atoms with E-state index in [0.717, 1.165) is 29.8 Å². The quantitative estimate of drug-likeness (QED) is 0.639. The predicted molar refractivity (Wildman–Crippen MR) is 74.6 cm³/mol. The van der Waals surface area contributed by atoms with Gasteiger partial charge in [0.2, 0.25) is 0 Å². The highest BCUT2D eigenvalue weighted by atomic mass is 32.1. The number of aryl methyl sites for hydroxylation is 2. The summed E-state index contributed by atoms with van der Waals surface area (Å²) in [6.45, 7) is 10.2. The van der Waals surface area contributed by atoms with Gasteiger partial charge >= 0.3 is 0 Å². The summed E-state index contributed by atoms with van der Waals surface area (Å²) < 4.78 is 0. The van der Waals surface area contributed by atoms with Crippen molar-refractivity contribution in [3.63, 3.8) is 0 Å². The summed E-state index contributed by atoms with van der Waals surface area (Å²) in [5.74, 6) is 1.45. The number of aliphatic imine (C=N–C) groups is 1. The van der Waals surface area contributed by atoms with E-state index in [4.69, 9.17) is 0 Å². The molecule has 0 spiro atoms. The van der Waals surface area contributed by atoms with Crippen molar-refractivity contribution >= 4 is 17.3 Å². The Morgan fingerprint density at radius 2 is 2.06 bits per heavy atom. The van der Waals surface area contributed by atoms with Gasteiger partial charge in [0.1, 0.15) is 5.01 Å². The lowest BCUT2D eigenvalue weighted by atomic mass is 10.2. The molecule has 0 aliphatic carbocycles. The molecule has 0 bridgehead atoms. The maximum Gasteiger partial charge on any atom is 0.191 e.